The number of fused-ring (bicyclic) bond motifs is 2. The third kappa shape index (κ3) is 1.64. The molecule has 0 aliphatic rings. The number of ether oxygens (including phenoxy) is 1. The molecule has 3 aromatic rings. The van der Waals surface area contributed by atoms with E-state index < -0.39 is 5.63 Å². The maximum absolute atomic E-state index is 11.6. The molecule has 4 nitrogen and oxygen atoms in total. The van der Waals surface area contributed by atoms with Crippen molar-refractivity contribution in [2.24, 2.45) is 0 Å². The summed E-state index contributed by atoms with van der Waals surface area (Å²) in [5.74, 6) is 0.774. The zero-order valence-corrected chi connectivity index (χ0v) is 12.1. The van der Waals surface area contributed by atoms with Crippen LogP contribution in [0.2, 0.25) is 0 Å². The molecule has 0 unspecified atom stereocenters. The van der Waals surface area contributed by atoms with Gasteiger partial charge in [-0.05, 0) is 25.0 Å². The van der Waals surface area contributed by atoms with Crippen LogP contribution in [0, 0.1) is 13.8 Å². The molecule has 20 heavy (non-hydrogen) atoms. The van der Waals surface area contributed by atoms with Crippen LogP contribution >= 0.6 is 11.6 Å². The Morgan fingerprint density at radius 3 is 2.65 bits per heavy atom. The molecular weight excluding hydrogens is 280 g/mol. The number of methoxy groups -OCH3 is 1. The van der Waals surface area contributed by atoms with Gasteiger partial charge < -0.3 is 13.6 Å². The summed E-state index contributed by atoms with van der Waals surface area (Å²) in [4.78, 5) is 11.6. The van der Waals surface area contributed by atoms with Crippen molar-refractivity contribution in [3.63, 3.8) is 0 Å². The maximum atomic E-state index is 11.6. The second kappa shape index (κ2) is 4.56. The smallest absolute Gasteiger partial charge is 0.336 e. The van der Waals surface area contributed by atoms with Crippen molar-refractivity contribution in [2.75, 3.05) is 7.11 Å². The van der Waals surface area contributed by atoms with Crippen molar-refractivity contribution in [2.45, 2.75) is 19.7 Å². The number of furan rings is 1. The highest BCUT2D eigenvalue weighted by molar-refractivity contribution is 6.18. The number of benzene rings is 1. The highest BCUT2D eigenvalue weighted by atomic mass is 35.5. The van der Waals surface area contributed by atoms with E-state index in [-0.39, 0.29) is 0 Å². The molecule has 0 N–H and O–H groups in total. The molecule has 0 amide bonds. The number of rotatable bonds is 2. The minimum absolute atomic E-state index is 0.346. The fourth-order valence-electron chi connectivity index (χ4n) is 2.72. The molecule has 0 atom stereocenters. The molecule has 0 aliphatic carbocycles. The third-order valence-electron chi connectivity index (χ3n) is 3.54. The van der Waals surface area contributed by atoms with Gasteiger partial charge in [-0.15, -0.1) is 11.6 Å². The van der Waals surface area contributed by atoms with Crippen LogP contribution in [-0.4, -0.2) is 7.11 Å². The molecule has 0 radical (unpaired) electrons. The summed E-state index contributed by atoms with van der Waals surface area (Å²) in [5.41, 5.74) is 3.28. The first-order chi connectivity index (χ1) is 9.58. The van der Waals surface area contributed by atoms with Crippen LogP contribution < -0.4 is 10.4 Å². The normalized spacial score (nSPS) is 11.4. The molecule has 0 aliphatic heterocycles. The molecule has 104 valence electrons. The molecule has 0 fully saturated rings. The SMILES string of the molecule is COc1c2oc(=O)cc(C)c2c(C)c2c(CCl)coc12. The molecule has 0 bridgehead atoms. The van der Waals surface area contributed by atoms with Crippen LogP contribution in [0.3, 0.4) is 0 Å². The molecule has 5 heteroatoms. The van der Waals surface area contributed by atoms with Gasteiger partial charge in [-0.3, -0.25) is 0 Å². The average molecular weight is 293 g/mol. The van der Waals surface area contributed by atoms with Gasteiger partial charge in [0.15, 0.2) is 11.2 Å². The van der Waals surface area contributed by atoms with Crippen LogP contribution in [0.4, 0.5) is 0 Å². The van der Waals surface area contributed by atoms with Gasteiger partial charge in [0.2, 0.25) is 5.75 Å². The van der Waals surface area contributed by atoms with Crippen molar-refractivity contribution in [1.29, 1.82) is 0 Å². The van der Waals surface area contributed by atoms with E-state index in [0.717, 1.165) is 27.5 Å². The van der Waals surface area contributed by atoms with Gasteiger partial charge in [-0.25, -0.2) is 4.79 Å². The van der Waals surface area contributed by atoms with Crippen molar-refractivity contribution >= 4 is 33.5 Å². The van der Waals surface area contributed by atoms with Gasteiger partial charge in [-0.2, -0.15) is 0 Å². The number of alkyl halides is 1. The van der Waals surface area contributed by atoms with Crippen molar-refractivity contribution in [3.8, 4) is 5.75 Å². The zero-order chi connectivity index (χ0) is 14.4. The molecular formula is C15H13ClO4. The lowest BCUT2D eigenvalue weighted by Gasteiger charge is -2.10. The van der Waals surface area contributed by atoms with Crippen LogP contribution in [0.5, 0.6) is 5.75 Å². The summed E-state index contributed by atoms with van der Waals surface area (Å²) in [6.45, 7) is 3.83. The van der Waals surface area contributed by atoms with Crippen molar-refractivity contribution in [1.82, 2.24) is 0 Å². The molecule has 2 heterocycles. The first-order valence-electron chi connectivity index (χ1n) is 6.15. The largest absolute Gasteiger partial charge is 0.490 e. The minimum atomic E-state index is -0.406. The van der Waals surface area contributed by atoms with E-state index in [2.05, 4.69) is 0 Å². The van der Waals surface area contributed by atoms with E-state index in [4.69, 9.17) is 25.2 Å². The summed E-state index contributed by atoms with van der Waals surface area (Å²) in [5, 5.41) is 1.78. The summed E-state index contributed by atoms with van der Waals surface area (Å²) in [6, 6.07) is 1.47. The molecule has 0 saturated carbocycles. The lowest BCUT2D eigenvalue weighted by molar-refractivity contribution is 0.402. The zero-order valence-electron chi connectivity index (χ0n) is 11.4. The van der Waals surface area contributed by atoms with Gasteiger partial charge in [0, 0.05) is 22.4 Å². The van der Waals surface area contributed by atoms with Crippen LogP contribution in [0.1, 0.15) is 16.7 Å². The van der Waals surface area contributed by atoms with Crippen molar-refractivity contribution in [3.05, 3.63) is 39.4 Å². The van der Waals surface area contributed by atoms with Gasteiger partial charge in [0.25, 0.3) is 0 Å². The van der Waals surface area contributed by atoms with Gasteiger partial charge in [0.05, 0.1) is 19.3 Å². The van der Waals surface area contributed by atoms with Crippen molar-refractivity contribution < 1.29 is 13.6 Å². The quantitative estimate of drug-likeness (QED) is 0.531. The monoisotopic (exact) mass is 292 g/mol. The number of halogens is 1. The van der Waals surface area contributed by atoms with E-state index in [9.17, 15) is 4.79 Å². The topological polar surface area (TPSA) is 52.6 Å². The standard InChI is InChI=1S/C15H13ClO4/c1-7-4-10(17)20-14-11(7)8(2)12-9(5-16)6-19-13(12)15(14)18-3/h4,6H,5H2,1-3H3. The summed E-state index contributed by atoms with van der Waals surface area (Å²) in [6.07, 6.45) is 1.61. The molecule has 0 spiro atoms. The highest BCUT2D eigenvalue weighted by Gasteiger charge is 2.21. The Morgan fingerprint density at radius 1 is 1.25 bits per heavy atom. The fourth-order valence-corrected chi connectivity index (χ4v) is 2.92. The maximum Gasteiger partial charge on any atom is 0.336 e. The summed E-state index contributed by atoms with van der Waals surface area (Å²) in [7, 11) is 1.52. The first-order valence-corrected chi connectivity index (χ1v) is 6.69. The minimum Gasteiger partial charge on any atom is -0.490 e. The molecule has 1 aromatic carbocycles. The van der Waals surface area contributed by atoms with Crippen LogP contribution in [0.15, 0.2) is 26.0 Å². The second-order valence-corrected chi connectivity index (χ2v) is 4.98. The second-order valence-electron chi connectivity index (χ2n) is 4.71. The first kappa shape index (κ1) is 13.1. The van der Waals surface area contributed by atoms with E-state index >= 15 is 0 Å². The van der Waals surface area contributed by atoms with E-state index in [1.165, 1.54) is 13.2 Å². The predicted octanol–water partition coefficient (Wildman–Crippen LogP) is 3.90. The Balaban J connectivity index is 2.66. The molecule has 3 rings (SSSR count). The predicted molar refractivity (Wildman–Crippen MR) is 77.8 cm³/mol. The fraction of sp³-hybridized carbons (Fsp3) is 0.267. The van der Waals surface area contributed by atoms with E-state index in [1.54, 1.807) is 6.26 Å². The van der Waals surface area contributed by atoms with E-state index in [0.29, 0.717) is 22.8 Å². The lowest BCUT2D eigenvalue weighted by atomic mass is 9.99. The highest BCUT2D eigenvalue weighted by Crippen LogP contribution is 2.41. The van der Waals surface area contributed by atoms with Gasteiger partial charge in [0.1, 0.15) is 0 Å². The summed E-state index contributed by atoms with van der Waals surface area (Å²) >= 11 is 5.96. The van der Waals surface area contributed by atoms with Gasteiger partial charge >= 0.3 is 5.63 Å². The summed E-state index contributed by atoms with van der Waals surface area (Å²) < 4.78 is 16.3. The Labute approximate surface area is 119 Å². The average Bonchev–Trinajstić information content (AvgIpc) is 2.82. The van der Waals surface area contributed by atoms with Gasteiger partial charge in [-0.1, -0.05) is 0 Å². The number of hydrogen-bond acceptors (Lipinski definition) is 4. The molecule has 2 aromatic heterocycles. The lowest BCUT2D eigenvalue weighted by Crippen LogP contribution is -2.01. The Kier molecular flexibility index (Phi) is 2.98. The number of aryl methyl sites for hydroxylation is 2. The van der Waals surface area contributed by atoms with Crippen LogP contribution in [0.25, 0.3) is 21.9 Å². The Hall–Kier alpha value is -1.94. The Bertz CT molecular complexity index is 873. The molecule has 0 saturated heterocycles. The Morgan fingerprint density at radius 2 is 2.00 bits per heavy atom. The third-order valence-corrected chi connectivity index (χ3v) is 3.82. The van der Waals surface area contributed by atoms with Crippen LogP contribution in [-0.2, 0) is 5.88 Å². The van der Waals surface area contributed by atoms with E-state index in [1.807, 2.05) is 13.8 Å². The number of hydrogen-bond donors (Lipinski definition) is 0.